The summed E-state index contributed by atoms with van der Waals surface area (Å²) in [7, 11) is 2.03. The highest BCUT2D eigenvalue weighted by Crippen LogP contribution is 2.34. The van der Waals surface area contributed by atoms with Gasteiger partial charge in [0, 0.05) is 36.4 Å². The monoisotopic (exact) mass is 346 g/mol. The molecule has 130 valence electrons. The molecule has 0 N–H and O–H groups in total. The number of thiophene rings is 1. The van der Waals surface area contributed by atoms with Crippen molar-refractivity contribution in [3.8, 4) is 0 Å². The Bertz CT molecular complexity index is 654. The van der Waals surface area contributed by atoms with Crippen LogP contribution in [0.4, 0.5) is 0 Å². The van der Waals surface area contributed by atoms with Gasteiger partial charge in [0.2, 0.25) is 0 Å². The van der Waals surface area contributed by atoms with Crippen LogP contribution in [0, 0.1) is 5.92 Å². The van der Waals surface area contributed by atoms with Crippen molar-refractivity contribution in [2.75, 3.05) is 19.7 Å². The van der Waals surface area contributed by atoms with Gasteiger partial charge < -0.3 is 9.30 Å². The molecule has 0 spiro atoms. The van der Waals surface area contributed by atoms with Gasteiger partial charge in [-0.25, -0.2) is 0 Å². The third-order valence-corrected chi connectivity index (χ3v) is 6.45. The number of rotatable bonds is 5. The van der Waals surface area contributed by atoms with Crippen LogP contribution in [-0.4, -0.2) is 39.4 Å². The first kappa shape index (κ1) is 16.2. The van der Waals surface area contributed by atoms with Gasteiger partial charge in [-0.3, -0.25) is 4.90 Å². The van der Waals surface area contributed by atoms with Crippen LogP contribution in [0.1, 0.15) is 47.4 Å². The lowest BCUT2D eigenvalue weighted by Gasteiger charge is -2.31. The van der Waals surface area contributed by atoms with E-state index in [9.17, 15) is 0 Å². The van der Waals surface area contributed by atoms with Gasteiger partial charge in [-0.1, -0.05) is 0 Å². The Kier molecular flexibility index (Phi) is 4.96. The predicted molar refractivity (Wildman–Crippen MR) is 95.0 cm³/mol. The Labute approximate surface area is 147 Å². The maximum atomic E-state index is 5.80. The maximum Gasteiger partial charge on any atom is 0.132 e. The number of hydrogen-bond acceptors (Lipinski definition) is 5. The van der Waals surface area contributed by atoms with Crippen LogP contribution in [0.5, 0.6) is 0 Å². The first-order valence-electron chi connectivity index (χ1n) is 9.03. The molecule has 6 heteroatoms. The zero-order chi connectivity index (χ0) is 16.4. The first-order valence-corrected chi connectivity index (χ1v) is 9.85. The predicted octanol–water partition coefficient (Wildman–Crippen LogP) is 3.18. The van der Waals surface area contributed by atoms with Crippen molar-refractivity contribution in [1.29, 1.82) is 0 Å². The molecule has 2 aromatic heterocycles. The molecule has 24 heavy (non-hydrogen) atoms. The fourth-order valence-electron chi connectivity index (χ4n) is 3.77. The standard InChI is InChI=1S/C18H26N4OS/c1-21-13-19-20-18(21)11-14-6-8-22(9-7-14)12-15-4-5-17(24-15)16-3-2-10-23-16/h4-5,13-14,16H,2-3,6-12H2,1H3. The molecule has 2 saturated heterocycles. The van der Waals surface area contributed by atoms with E-state index in [0.717, 1.165) is 31.3 Å². The van der Waals surface area contributed by atoms with E-state index in [1.165, 1.54) is 48.5 Å². The number of aryl methyl sites for hydroxylation is 1. The van der Waals surface area contributed by atoms with Crippen molar-refractivity contribution in [2.24, 2.45) is 13.0 Å². The van der Waals surface area contributed by atoms with E-state index in [0.29, 0.717) is 6.10 Å². The number of piperidine rings is 1. The van der Waals surface area contributed by atoms with Gasteiger partial charge in [0.05, 0.1) is 6.10 Å². The Hall–Kier alpha value is -1.24. The minimum atomic E-state index is 0.362. The Morgan fingerprint density at radius 3 is 2.83 bits per heavy atom. The van der Waals surface area contributed by atoms with Crippen LogP contribution in [0.25, 0.3) is 0 Å². The lowest BCUT2D eigenvalue weighted by molar-refractivity contribution is 0.114. The summed E-state index contributed by atoms with van der Waals surface area (Å²) >= 11 is 1.94. The summed E-state index contributed by atoms with van der Waals surface area (Å²) in [5, 5.41) is 8.21. The van der Waals surface area contributed by atoms with Gasteiger partial charge >= 0.3 is 0 Å². The van der Waals surface area contributed by atoms with Crippen molar-refractivity contribution < 1.29 is 4.74 Å². The summed E-state index contributed by atoms with van der Waals surface area (Å²) in [6.07, 6.45) is 8.14. The van der Waals surface area contributed by atoms with Crippen molar-refractivity contribution in [3.05, 3.63) is 34.0 Å². The summed E-state index contributed by atoms with van der Waals surface area (Å²) in [6, 6.07) is 4.57. The summed E-state index contributed by atoms with van der Waals surface area (Å²) in [6.45, 7) is 4.40. The van der Waals surface area contributed by atoms with E-state index < -0.39 is 0 Å². The van der Waals surface area contributed by atoms with Crippen LogP contribution >= 0.6 is 11.3 Å². The third-order valence-electron chi connectivity index (χ3n) is 5.29. The summed E-state index contributed by atoms with van der Waals surface area (Å²) in [5.41, 5.74) is 0. The van der Waals surface area contributed by atoms with Gasteiger partial charge in [-0.15, -0.1) is 21.5 Å². The molecule has 0 amide bonds. The zero-order valence-electron chi connectivity index (χ0n) is 14.4. The van der Waals surface area contributed by atoms with E-state index in [-0.39, 0.29) is 0 Å². The molecular formula is C18H26N4OS. The second-order valence-corrected chi connectivity index (χ2v) is 8.29. The van der Waals surface area contributed by atoms with Crippen molar-refractivity contribution in [2.45, 2.75) is 44.8 Å². The van der Waals surface area contributed by atoms with Crippen LogP contribution in [0.3, 0.4) is 0 Å². The van der Waals surface area contributed by atoms with Crippen molar-refractivity contribution >= 4 is 11.3 Å². The smallest absolute Gasteiger partial charge is 0.132 e. The first-order chi connectivity index (χ1) is 11.8. The van der Waals surface area contributed by atoms with E-state index >= 15 is 0 Å². The number of aromatic nitrogens is 3. The molecule has 2 fully saturated rings. The Morgan fingerprint density at radius 2 is 2.12 bits per heavy atom. The second-order valence-electron chi connectivity index (χ2n) is 7.09. The molecule has 0 radical (unpaired) electrons. The van der Waals surface area contributed by atoms with Gasteiger partial charge in [-0.2, -0.15) is 0 Å². The zero-order valence-corrected chi connectivity index (χ0v) is 15.2. The highest BCUT2D eigenvalue weighted by molar-refractivity contribution is 7.12. The summed E-state index contributed by atoms with van der Waals surface area (Å²) in [4.78, 5) is 5.49. The molecule has 4 rings (SSSR count). The third kappa shape index (κ3) is 3.71. The SMILES string of the molecule is Cn1cnnc1CC1CCN(Cc2ccc(C3CCCO3)s2)CC1. The van der Waals surface area contributed by atoms with Gasteiger partial charge in [-0.05, 0) is 56.8 Å². The molecule has 5 nitrogen and oxygen atoms in total. The molecule has 0 bridgehead atoms. The van der Waals surface area contributed by atoms with Crippen LogP contribution in [0.2, 0.25) is 0 Å². The van der Waals surface area contributed by atoms with Gasteiger partial charge in [0.1, 0.15) is 12.2 Å². The van der Waals surface area contributed by atoms with Crippen molar-refractivity contribution in [1.82, 2.24) is 19.7 Å². The van der Waals surface area contributed by atoms with E-state index in [1.807, 2.05) is 23.0 Å². The molecule has 0 aromatic carbocycles. The van der Waals surface area contributed by atoms with Crippen molar-refractivity contribution in [3.63, 3.8) is 0 Å². The van der Waals surface area contributed by atoms with Gasteiger partial charge in [0.15, 0.2) is 0 Å². The molecule has 1 atom stereocenters. The lowest BCUT2D eigenvalue weighted by Crippen LogP contribution is -2.33. The Morgan fingerprint density at radius 1 is 1.25 bits per heavy atom. The molecule has 0 aliphatic carbocycles. The van der Waals surface area contributed by atoms with Crippen LogP contribution < -0.4 is 0 Å². The fraction of sp³-hybridized carbons (Fsp3) is 0.667. The van der Waals surface area contributed by atoms with E-state index in [2.05, 4.69) is 27.2 Å². The molecule has 2 aliphatic heterocycles. The van der Waals surface area contributed by atoms with E-state index in [4.69, 9.17) is 4.74 Å². The molecule has 1 unspecified atom stereocenters. The average molecular weight is 347 g/mol. The fourth-order valence-corrected chi connectivity index (χ4v) is 4.91. The number of ether oxygens (including phenoxy) is 1. The van der Waals surface area contributed by atoms with Crippen LogP contribution in [-0.2, 0) is 24.8 Å². The minimum Gasteiger partial charge on any atom is -0.373 e. The second kappa shape index (κ2) is 7.33. The lowest BCUT2D eigenvalue weighted by atomic mass is 9.93. The average Bonchev–Trinajstić information content (AvgIpc) is 3.32. The summed E-state index contributed by atoms with van der Waals surface area (Å²) in [5.74, 6) is 1.86. The van der Waals surface area contributed by atoms with E-state index in [1.54, 1.807) is 6.33 Å². The molecule has 2 aliphatic rings. The summed E-state index contributed by atoms with van der Waals surface area (Å²) < 4.78 is 7.85. The number of hydrogen-bond donors (Lipinski definition) is 0. The number of likely N-dealkylation sites (tertiary alicyclic amines) is 1. The molecule has 4 heterocycles. The largest absolute Gasteiger partial charge is 0.373 e. The molecular weight excluding hydrogens is 320 g/mol. The Balaban J connectivity index is 1.26. The van der Waals surface area contributed by atoms with Crippen LogP contribution in [0.15, 0.2) is 18.5 Å². The van der Waals surface area contributed by atoms with Gasteiger partial charge in [0.25, 0.3) is 0 Å². The minimum absolute atomic E-state index is 0.362. The highest BCUT2D eigenvalue weighted by atomic mass is 32.1. The quantitative estimate of drug-likeness (QED) is 0.834. The number of nitrogens with zero attached hydrogens (tertiary/aromatic N) is 4. The topological polar surface area (TPSA) is 43.2 Å². The maximum absolute atomic E-state index is 5.80. The normalized spacial score (nSPS) is 23.1. The molecule has 0 saturated carbocycles. The highest BCUT2D eigenvalue weighted by Gasteiger charge is 2.23. The molecule has 2 aromatic rings.